The molecule has 3 unspecified atom stereocenters. The maximum atomic E-state index is 10.9. The van der Waals surface area contributed by atoms with E-state index in [0.717, 1.165) is 5.56 Å². The molecule has 0 saturated carbocycles. The van der Waals surface area contributed by atoms with Gasteiger partial charge in [0.25, 0.3) is 0 Å². The van der Waals surface area contributed by atoms with Gasteiger partial charge in [-0.05, 0) is 35.2 Å². The third-order valence-corrected chi connectivity index (χ3v) is 5.81. The zero-order valence-electron chi connectivity index (χ0n) is 16.7. The fourth-order valence-corrected chi connectivity index (χ4v) is 4.12. The van der Waals surface area contributed by atoms with Crippen LogP contribution in [0.4, 0.5) is 0 Å². The van der Waals surface area contributed by atoms with Crippen molar-refractivity contribution in [2.45, 2.75) is 44.1 Å². The molecule has 3 aromatic rings. The highest BCUT2D eigenvalue weighted by Crippen LogP contribution is 2.34. The second-order valence-electron chi connectivity index (χ2n) is 7.76. The van der Waals surface area contributed by atoms with Gasteiger partial charge in [-0.1, -0.05) is 60.7 Å². The summed E-state index contributed by atoms with van der Waals surface area (Å²) in [6, 6.07) is 22.8. The van der Waals surface area contributed by atoms with Crippen LogP contribution >= 0.6 is 0 Å². The van der Waals surface area contributed by atoms with Crippen molar-refractivity contribution in [3.05, 3.63) is 101 Å². The molecule has 0 bridgehead atoms. The lowest BCUT2D eigenvalue weighted by Crippen LogP contribution is -2.50. The molecule has 0 radical (unpaired) electrons. The molecule has 0 amide bonds. The van der Waals surface area contributed by atoms with E-state index in [1.807, 2.05) is 24.4 Å². The van der Waals surface area contributed by atoms with Crippen LogP contribution in [0.25, 0.3) is 0 Å². The summed E-state index contributed by atoms with van der Waals surface area (Å²) in [6.07, 6.45) is 3.76. The Morgan fingerprint density at radius 2 is 1.69 bits per heavy atom. The molecule has 1 fully saturated rings. The lowest BCUT2D eigenvalue weighted by molar-refractivity contribution is -0.0718. The minimum atomic E-state index is -0.453. The Hall–Kier alpha value is -2.53. The van der Waals surface area contributed by atoms with Gasteiger partial charge in [0.2, 0.25) is 0 Å². The van der Waals surface area contributed by atoms with Crippen molar-refractivity contribution in [3.63, 3.8) is 0 Å². The molecule has 150 valence electrons. The minimum absolute atomic E-state index is 0.0597. The number of aliphatic hydroxyl groups is 1. The van der Waals surface area contributed by atoms with Crippen LogP contribution in [0, 0.1) is 6.92 Å². The number of aromatic nitrogens is 1. The van der Waals surface area contributed by atoms with E-state index in [1.165, 1.54) is 16.7 Å². The Bertz CT molecular complexity index is 861. The monoisotopic (exact) mass is 388 g/mol. The molecule has 0 spiro atoms. The summed E-state index contributed by atoms with van der Waals surface area (Å²) in [4.78, 5) is 4.14. The highest BCUT2D eigenvalue weighted by atomic mass is 16.5. The van der Waals surface area contributed by atoms with Gasteiger partial charge in [0.05, 0.1) is 24.9 Å². The van der Waals surface area contributed by atoms with E-state index in [9.17, 15) is 5.11 Å². The molecule has 0 aliphatic carbocycles. The zero-order chi connectivity index (χ0) is 20.1. The Kier molecular flexibility index (Phi) is 6.35. The molecule has 4 nitrogen and oxygen atoms in total. The molecule has 1 aliphatic heterocycles. The van der Waals surface area contributed by atoms with E-state index in [4.69, 9.17) is 4.74 Å². The van der Waals surface area contributed by atoms with Crippen LogP contribution in [0.15, 0.2) is 79.1 Å². The first-order chi connectivity index (χ1) is 14.2. The Morgan fingerprint density at radius 3 is 2.28 bits per heavy atom. The van der Waals surface area contributed by atoms with Crippen LogP contribution in [-0.4, -0.2) is 34.9 Å². The number of aryl methyl sites for hydroxylation is 1. The van der Waals surface area contributed by atoms with Crippen LogP contribution in [0.5, 0.6) is 0 Å². The van der Waals surface area contributed by atoms with Crippen molar-refractivity contribution < 1.29 is 9.84 Å². The number of nitrogens with one attached hydrogen (secondary N) is 1. The molecule has 2 N–H and O–H groups in total. The standard InChI is InChI=1S/C25H28N2O2/c1-18-15-26-13-12-21(18)16-27-22-17-29-24(14-23(22)28)25(19-8-4-2-5-9-19)20-10-6-3-7-11-20/h2-13,15,22-25,27-28H,14,16-17H2,1H3. The van der Waals surface area contributed by atoms with Gasteiger partial charge in [0.1, 0.15) is 0 Å². The van der Waals surface area contributed by atoms with Crippen LogP contribution in [0.3, 0.4) is 0 Å². The third kappa shape index (κ3) is 4.73. The fraction of sp³-hybridized carbons (Fsp3) is 0.320. The maximum Gasteiger partial charge on any atom is 0.0740 e. The Labute approximate surface area is 172 Å². The zero-order valence-corrected chi connectivity index (χ0v) is 16.7. The SMILES string of the molecule is Cc1cnccc1CNC1COC(C(c2ccccc2)c2ccccc2)CC1O. The normalized spacial score (nSPS) is 22.0. The number of aliphatic hydroxyl groups excluding tert-OH is 1. The number of ether oxygens (including phenoxy) is 1. The second-order valence-corrected chi connectivity index (χ2v) is 7.76. The van der Waals surface area contributed by atoms with Gasteiger partial charge in [-0.3, -0.25) is 4.98 Å². The highest BCUT2D eigenvalue weighted by Gasteiger charge is 2.35. The van der Waals surface area contributed by atoms with E-state index < -0.39 is 6.10 Å². The van der Waals surface area contributed by atoms with Crippen LogP contribution < -0.4 is 5.32 Å². The van der Waals surface area contributed by atoms with Crippen molar-refractivity contribution >= 4 is 0 Å². The number of rotatable bonds is 6. The van der Waals surface area contributed by atoms with Crippen LogP contribution in [0.1, 0.15) is 34.6 Å². The molecular weight excluding hydrogens is 360 g/mol. The molecule has 1 saturated heterocycles. The van der Waals surface area contributed by atoms with Crippen molar-refractivity contribution in [1.29, 1.82) is 0 Å². The van der Waals surface area contributed by atoms with Crippen molar-refractivity contribution in [2.24, 2.45) is 0 Å². The summed E-state index contributed by atoms with van der Waals surface area (Å²) < 4.78 is 6.32. The first kappa shape index (κ1) is 19.8. The number of hydrogen-bond donors (Lipinski definition) is 2. The molecule has 4 heteroatoms. The minimum Gasteiger partial charge on any atom is -0.391 e. The van der Waals surface area contributed by atoms with Crippen molar-refractivity contribution in [3.8, 4) is 0 Å². The Morgan fingerprint density at radius 1 is 1.03 bits per heavy atom. The Balaban J connectivity index is 1.46. The summed E-state index contributed by atoms with van der Waals surface area (Å²) in [5, 5.41) is 14.3. The van der Waals surface area contributed by atoms with Gasteiger partial charge in [-0.15, -0.1) is 0 Å². The van der Waals surface area contributed by atoms with Crippen LogP contribution in [0.2, 0.25) is 0 Å². The molecule has 4 rings (SSSR count). The first-order valence-electron chi connectivity index (χ1n) is 10.2. The van der Waals surface area contributed by atoms with E-state index in [0.29, 0.717) is 19.6 Å². The smallest absolute Gasteiger partial charge is 0.0740 e. The van der Waals surface area contributed by atoms with Gasteiger partial charge in [0, 0.05) is 31.3 Å². The summed E-state index contributed by atoms with van der Waals surface area (Å²) >= 11 is 0. The molecule has 29 heavy (non-hydrogen) atoms. The van der Waals surface area contributed by atoms with Crippen molar-refractivity contribution in [2.75, 3.05) is 6.61 Å². The van der Waals surface area contributed by atoms with Gasteiger partial charge in [-0.25, -0.2) is 0 Å². The molecule has 1 aliphatic rings. The summed E-state index contributed by atoms with van der Waals surface area (Å²) in [6.45, 7) is 3.25. The van der Waals surface area contributed by atoms with Gasteiger partial charge >= 0.3 is 0 Å². The van der Waals surface area contributed by atoms with Crippen molar-refractivity contribution in [1.82, 2.24) is 10.3 Å². The van der Waals surface area contributed by atoms with E-state index in [-0.39, 0.29) is 18.1 Å². The van der Waals surface area contributed by atoms with Gasteiger partial charge in [-0.2, -0.15) is 0 Å². The van der Waals surface area contributed by atoms with Gasteiger partial charge < -0.3 is 15.2 Å². The topological polar surface area (TPSA) is 54.4 Å². The molecular formula is C25H28N2O2. The quantitative estimate of drug-likeness (QED) is 0.674. The first-order valence-corrected chi connectivity index (χ1v) is 10.2. The number of nitrogens with zero attached hydrogens (tertiary/aromatic N) is 1. The summed E-state index contributed by atoms with van der Waals surface area (Å²) in [5.74, 6) is 0.107. The predicted molar refractivity (Wildman–Crippen MR) is 115 cm³/mol. The number of hydrogen-bond acceptors (Lipinski definition) is 4. The second kappa shape index (κ2) is 9.31. The van der Waals surface area contributed by atoms with E-state index >= 15 is 0 Å². The lowest BCUT2D eigenvalue weighted by Gasteiger charge is -2.38. The van der Waals surface area contributed by atoms with Gasteiger partial charge in [0.15, 0.2) is 0 Å². The number of pyridine rings is 1. The van der Waals surface area contributed by atoms with E-state index in [1.54, 1.807) is 6.20 Å². The van der Waals surface area contributed by atoms with Crippen LogP contribution in [-0.2, 0) is 11.3 Å². The lowest BCUT2D eigenvalue weighted by atomic mass is 9.82. The number of benzene rings is 2. The average Bonchev–Trinajstić information content (AvgIpc) is 2.76. The predicted octanol–water partition coefficient (Wildman–Crippen LogP) is 3.83. The molecule has 2 heterocycles. The highest BCUT2D eigenvalue weighted by molar-refractivity contribution is 5.34. The molecule has 1 aromatic heterocycles. The van der Waals surface area contributed by atoms with E-state index in [2.05, 4.69) is 65.8 Å². The maximum absolute atomic E-state index is 10.9. The fourth-order valence-electron chi connectivity index (χ4n) is 4.12. The third-order valence-electron chi connectivity index (χ3n) is 5.81. The summed E-state index contributed by atoms with van der Waals surface area (Å²) in [7, 11) is 0. The molecule has 2 aromatic carbocycles. The summed E-state index contributed by atoms with van der Waals surface area (Å²) in [5.41, 5.74) is 4.78. The molecule has 3 atom stereocenters. The average molecular weight is 389 g/mol. The largest absolute Gasteiger partial charge is 0.391 e.